The SMILES string of the molecule is Cc1[nH]c2ccccc2c1C(=O)C(C#N)=Cc1cccc(C=C(C#N)C(=O)c2c(C)[nH]c3ccccc23)c1. The smallest absolute Gasteiger partial charge is 0.205 e. The lowest BCUT2D eigenvalue weighted by atomic mass is 9.97. The molecule has 2 N–H and O–H groups in total. The molecule has 0 atom stereocenters. The van der Waals surface area contributed by atoms with Crippen LogP contribution in [0.1, 0.15) is 43.2 Å². The Hall–Kier alpha value is -5.46. The summed E-state index contributed by atoms with van der Waals surface area (Å²) in [5.74, 6) is -0.739. The second kappa shape index (κ2) is 9.89. The highest BCUT2D eigenvalue weighted by atomic mass is 16.1. The van der Waals surface area contributed by atoms with Gasteiger partial charge >= 0.3 is 0 Å². The van der Waals surface area contributed by atoms with Crippen molar-refractivity contribution in [1.82, 2.24) is 9.97 Å². The molecule has 0 fully saturated rings. The standard InChI is InChI=1S/C32H22N4O2/c1-19-29(25-10-3-5-12-27(25)35-19)31(37)23(17-33)15-21-8-7-9-22(14-21)16-24(18-34)32(38)30-20(2)36-28-13-6-4-11-26(28)30/h3-16,35-36H,1-2H3. The van der Waals surface area contributed by atoms with Crippen LogP contribution in [0.25, 0.3) is 34.0 Å². The van der Waals surface area contributed by atoms with Crippen molar-refractivity contribution in [2.45, 2.75) is 13.8 Å². The summed E-state index contributed by atoms with van der Waals surface area (Å²) in [5, 5.41) is 21.1. The molecule has 0 aliphatic heterocycles. The third-order valence-electron chi connectivity index (χ3n) is 6.50. The van der Waals surface area contributed by atoms with E-state index >= 15 is 0 Å². The van der Waals surface area contributed by atoms with Crippen LogP contribution in [0.4, 0.5) is 0 Å². The van der Waals surface area contributed by atoms with Gasteiger partial charge < -0.3 is 9.97 Å². The highest BCUT2D eigenvalue weighted by Crippen LogP contribution is 2.27. The van der Waals surface area contributed by atoms with E-state index in [1.54, 1.807) is 24.3 Å². The number of ketones is 2. The van der Waals surface area contributed by atoms with E-state index in [1.165, 1.54) is 12.2 Å². The summed E-state index contributed by atoms with van der Waals surface area (Å²) in [6.07, 6.45) is 3.05. The van der Waals surface area contributed by atoms with E-state index < -0.39 is 0 Å². The molecule has 6 heteroatoms. The minimum absolute atomic E-state index is 0.00927. The molecule has 5 aromatic rings. The van der Waals surface area contributed by atoms with Gasteiger partial charge in [-0.3, -0.25) is 9.59 Å². The Balaban J connectivity index is 1.50. The van der Waals surface area contributed by atoms with E-state index in [2.05, 4.69) is 9.97 Å². The fourth-order valence-electron chi connectivity index (χ4n) is 4.78. The van der Waals surface area contributed by atoms with Crippen LogP contribution in [-0.4, -0.2) is 21.5 Å². The highest BCUT2D eigenvalue weighted by molar-refractivity contribution is 6.21. The van der Waals surface area contributed by atoms with Gasteiger partial charge in [0, 0.05) is 33.2 Å². The largest absolute Gasteiger partial charge is 0.358 e. The number of carbonyl (C=O) groups is 2. The number of nitriles is 2. The predicted molar refractivity (Wildman–Crippen MR) is 148 cm³/mol. The Morgan fingerprint density at radius 3 is 1.50 bits per heavy atom. The first-order valence-electron chi connectivity index (χ1n) is 12.0. The van der Waals surface area contributed by atoms with E-state index in [9.17, 15) is 20.1 Å². The van der Waals surface area contributed by atoms with Crippen molar-refractivity contribution in [3.8, 4) is 12.1 Å². The van der Waals surface area contributed by atoms with Crippen LogP contribution < -0.4 is 0 Å². The van der Waals surface area contributed by atoms with Gasteiger partial charge in [-0.2, -0.15) is 10.5 Å². The third-order valence-corrected chi connectivity index (χ3v) is 6.50. The van der Waals surface area contributed by atoms with Crippen LogP contribution in [0.3, 0.4) is 0 Å². The highest BCUT2D eigenvalue weighted by Gasteiger charge is 2.21. The predicted octanol–water partition coefficient (Wildman–Crippen LogP) is 6.85. The second-order valence-corrected chi connectivity index (χ2v) is 9.01. The molecule has 5 rings (SSSR count). The lowest BCUT2D eigenvalue weighted by molar-refractivity contribution is 0.103. The summed E-state index contributed by atoms with van der Waals surface area (Å²) < 4.78 is 0. The first-order valence-corrected chi connectivity index (χ1v) is 12.0. The van der Waals surface area contributed by atoms with E-state index in [0.29, 0.717) is 33.6 Å². The van der Waals surface area contributed by atoms with E-state index in [4.69, 9.17) is 0 Å². The molecular formula is C32H22N4O2. The van der Waals surface area contributed by atoms with Crippen LogP contribution in [0.15, 0.2) is 83.9 Å². The zero-order chi connectivity index (χ0) is 26.8. The Morgan fingerprint density at radius 2 is 1.08 bits per heavy atom. The number of aryl methyl sites for hydroxylation is 2. The summed E-state index contributed by atoms with van der Waals surface area (Å²) in [4.78, 5) is 33.1. The molecule has 182 valence electrons. The Bertz CT molecular complexity index is 1770. The Labute approximate surface area is 219 Å². The number of para-hydroxylation sites is 2. The van der Waals surface area contributed by atoms with Crippen LogP contribution in [0.5, 0.6) is 0 Å². The fraction of sp³-hybridized carbons (Fsp3) is 0.0625. The molecule has 0 radical (unpaired) electrons. The number of H-pyrrole nitrogens is 2. The summed E-state index contributed by atoms with van der Waals surface area (Å²) in [6, 6.07) is 26.0. The number of allylic oxidation sites excluding steroid dienone is 2. The first-order chi connectivity index (χ1) is 18.4. The maximum absolute atomic E-state index is 13.3. The van der Waals surface area contributed by atoms with E-state index in [1.807, 2.05) is 74.5 Å². The molecule has 0 amide bonds. The van der Waals surface area contributed by atoms with Gasteiger partial charge in [-0.1, -0.05) is 54.6 Å². The van der Waals surface area contributed by atoms with Crippen LogP contribution in [-0.2, 0) is 0 Å². The average molecular weight is 495 g/mol. The molecule has 2 heterocycles. The molecule has 0 saturated heterocycles. The molecule has 38 heavy (non-hydrogen) atoms. The number of fused-ring (bicyclic) bond motifs is 2. The quantitative estimate of drug-likeness (QED) is 0.153. The summed E-state index contributed by atoms with van der Waals surface area (Å²) in [6.45, 7) is 3.62. The van der Waals surface area contributed by atoms with Crippen molar-refractivity contribution >= 4 is 45.5 Å². The molecule has 2 aromatic heterocycles. The summed E-state index contributed by atoms with van der Waals surface area (Å²) >= 11 is 0. The number of aromatic nitrogens is 2. The molecule has 0 bridgehead atoms. The van der Waals surface area contributed by atoms with Crippen molar-refractivity contribution in [3.63, 3.8) is 0 Å². The molecule has 0 unspecified atom stereocenters. The maximum Gasteiger partial charge on any atom is 0.205 e. The van der Waals surface area contributed by atoms with Gasteiger partial charge in [-0.25, -0.2) is 0 Å². The summed E-state index contributed by atoms with van der Waals surface area (Å²) in [5.41, 5.74) is 5.18. The van der Waals surface area contributed by atoms with Gasteiger partial charge in [0.25, 0.3) is 0 Å². The molecular weight excluding hydrogens is 472 g/mol. The van der Waals surface area contributed by atoms with E-state index in [-0.39, 0.29) is 22.7 Å². The second-order valence-electron chi connectivity index (χ2n) is 9.01. The van der Waals surface area contributed by atoms with Gasteiger partial charge in [-0.15, -0.1) is 0 Å². The number of nitrogens with one attached hydrogen (secondary N) is 2. The first kappa shape index (κ1) is 24.2. The van der Waals surface area contributed by atoms with Gasteiger partial charge in [-0.05, 0) is 55.3 Å². The van der Waals surface area contributed by atoms with Crippen molar-refractivity contribution in [2.75, 3.05) is 0 Å². The van der Waals surface area contributed by atoms with Gasteiger partial charge in [0.2, 0.25) is 11.6 Å². The number of carbonyl (C=O) groups excluding carboxylic acids is 2. The molecule has 3 aromatic carbocycles. The minimum atomic E-state index is -0.369. The molecule has 0 aliphatic carbocycles. The Kier molecular flexibility index (Phi) is 6.31. The van der Waals surface area contributed by atoms with E-state index in [0.717, 1.165) is 21.8 Å². The lowest BCUT2D eigenvalue weighted by Gasteiger charge is -2.03. The zero-order valence-electron chi connectivity index (χ0n) is 20.8. The number of rotatable bonds is 6. The molecule has 0 saturated carbocycles. The normalized spacial score (nSPS) is 11.9. The number of nitrogens with zero attached hydrogens (tertiary/aromatic N) is 2. The van der Waals surface area contributed by atoms with Crippen molar-refractivity contribution < 1.29 is 9.59 Å². The zero-order valence-corrected chi connectivity index (χ0v) is 20.8. The molecule has 0 spiro atoms. The van der Waals surface area contributed by atoms with Crippen molar-refractivity contribution in [1.29, 1.82) is 10.5 Å². The number of benzene rings is 3. The van der Waals surface area contributed by atoms with Crippen LogP contribution in [0.2, 0.25) is 0 Å². The number of Topliss-reactive ketones (excluding diaryl/α,β-unsaturated/α-hetero) is 2. The fourth-order valence-corrected chi connectivity index (χ4v) is 4.78. The molecule has 6 nitrogen and oxygen atoms in total. The van der Waals surface area contributed by atoms with Gasteiger partial charge in [0.15, 0.2) is 0 Å². The number of hydrogen-bond acceptors (Lipinski definition) is 4. The minimum Gasteiger partial charge on any atom is -0.358 e. The van der Waals surface area contributed by atoms with Crippen molar-refractivity contribution in [3.05, 3.63) is 118 Å². The lowest BCUT2D eigenvalue weighted by Crippen LogP contribution is -2.03. The third kappa shape index (κ3) is 4.32. The average Bonchev–Trinajstić information content (AvgIpc) is 3.44. The van der Waals surface area contributed by atoms with Gasteiger partial charge in [0.1, 0.15) is 23.3 Å². The Morgan fingerprint density at radius 1 is 0.658 bits per heavy atom. The van der Waals surface area contributed by atoms with Crippen molar-refractivity contribution in [2.24, 2.45) is 0 Å². The van der Waals surface area contributed by atoms with Crippen LogP contribution in [0, 0.1) is 36.5 Å². The number of hydrogen-bond donors (Lipinski definition) is 2. The summed E-state index contributed by atoms with van der Waals surface area (Å²) in [7, 11) is 0. The maximum atomic E-state index is 13.3. The van der Waals surface area contributed by atoms with Gasteiger partial charge in [0.05, 0.1) is 11.1 Å². The topological polar surface area (TPSA) is 113 Å². The van der Waals surface area contributed by atoms with Crippen LogP contribution >= 0.6 is 0 Å². The monoisotopic (exact) mass is 494 g/mol. The molecule has 0 aliphatic rings. The number of aromatic amines is 2.